The van der Waals surface area contributed by atoms with Crippen LogP contribution in [0.5, 0.6) is 0 Å². The molecule has 2 atom stereocenters. The van der Waals surface area contributed by atoms with Gasteiger partial charge in [-0.1, -0.05) is 30.3 Å². The van der Waals surface area contributed by atoms with Crippen molar-refractivity contribution in [3.63, 3.8) is 0 Å². The predicted octanol–water partition coefficient (Wildman–Crippen LogP) is 2.79. The highest BCUT2D eigenvalue weighted by Gasteiger charge is 2.26. The van der Waals surface area contributed by atoms with Crippen LogP contribution in [0.3, 0.4) is 0 Å². The van der Waals surface area contributed by atoms with Crippen LogP contribution in [-0.4, -0.2) is 28.4 Å². The number of aryl methyl sites for hydroxylation is 1. The van der Waals surface area contributed by atoms with Gasteiger partial charge in [-0.2, -0.15) is 5.10 Å². The van der Waals surface area contributed by atoms with Gasteiger partial charge in [-0.25, -0.2) is 4.79 Å². The summed E-state index contributed by atoms with van der Waals surface area (Å²) < 4.78 is 6.92. The van der Waals surface area contributed by atoms with Crippen molar-refractivity contribution in [2.45, 2.75) is 44.7 Å². The van der Waals surface area contributed by atoms with E-state index in [1.807, 2.05) is 48.3 Å². The molecule has 2 N–H and O–H groups in total. The number of hydrogen-bond acceptors (Lipinski definition) is 4. The maximum atomic E-state index is 12.6. The smallest absolute Gasteiger partial charge is 0.315 e. The fraction of sp³-hybridized carbons (Fsp3) is 0.450. The Bertz CT molecular complexity index is 788. The zero-order valence-electron chi connectivity index (χ0n) is 15.8. The molecule has 3 rings (SSSR count). The molecule has 2 amide bonds. The van der Waals surface area contributed by atoms with Crippen LogP contribution in [0, 0.1) is 0 Å². The van der Waals surface area contributed by atoms with Crippen molar-refractivity contribution in [1.29, 1.82) is 0 Å². The van der Waals surface area contributed by atoms with Gasteiger partial charge in [0.15, 0.2) is 0 Å². The number of nitrogens with one attached hydrogen (secondary N) is 2. The Hall–Kier alpha value is -2.83. The molecule has 1 aliphatic carbocycles. The number of esters is 1. The molecule has 2 aromatic rings. The molecule has 0 unspecified atom stereocenters. The Morgan fingerprint density at radius 2 is 2.11 bits per heavy atom. The highest BCUT2D eigenvalue weighted by atomic mass is 16.5. The van der Waals surface area contributed by atoms with E-state index in [-0.39, 0.29) is 24.5 Å². The normalized spacial score (nSPS) is 16.9. The molecule has 0 saturated heterocycles. The molecule has 144 valence electrons. The summed E-state index contributed by atoms with van der Waals surface area (Å²) >= 11 is 0. The van der Waals surface area contributed by atoms with Crippen LogP contribution in [-0.2, 0) is 23.0 Å². The van der Waals surface area contributed by atoms with Crippen LogP contribution >= 0.6 is 0 Å². The molecule has 7 nitrogen and oxygen atoms in total. The average molecular weight is 370 g/mol. The molecule has 0 fully saturated rings. The summed E-state index contributed by atoms with van der Waals surface area (Å²) in [7, 11) is 1.92. The van der Waals surface area contributed by atoms with Gasteiger partial charge in [-0.3, -0.25) is 9.48 Å². The maximum absolute atomic E-state index is 12.6. The lowest BCUT2D eigenvalue weighted by atomic mass is 9.93. The summed E-state index contributed by atoms with van der Waals surface area (Å²) in [6.07, 6.45) is 4.77. The molecule has 0 bridgehead atoms. The molecular weight excluding hydrogens is 344 g/mol. The van der Waals surface area contributed by atoms with E-state index in [2.05, 4.69) is 15.7 Å². The lowest BCUT2D eigenvalue weighted by Crippen LogP contribution is -2.41. The molecule has 27 heavy (non-hydrogen) atoms. The Balaban J connectivity index is 1.68. The van der Waals surface area contributed by atoms with Crippen LogP contribution in [0.4, 0.5) is 4.79 Å². The van der Waals surface area contributed by atoms with Gasteiger partial charge >= 0.3 is 12.0 Å². The number of nitrogens with zero attached hydrogens (tertiary/aromatic N) is 2. The highest BCUT2D eigenvalue weighted by molar-refractivity contribution is 5.77. The third-order valence-corrected chi connectivity index (χ3v) is 4.86. The molecule has 0 radical (unpaired) electrons. The zero-order valence-corrected chi connectivity index (χ0v) is 15.8. The van der Waals surface area contributed by atoms with E-state index >= 15 is 0 Å². The minimum absolute atomic E-state index is 0.0681. The summed E-state index contributed by atoms with van der Waals surface area (Å²) in [4.78, 5) is 24.6. The molecule has 0 saturated carbocycles. The van der Waals surface area contributed by atoms with Gasteiger partial charge in [-0.15, -0.1) is 0 Å². The number of hydrogen-bond donors (Lipinski definition) is 2. The van der Waals surface area contributed by atoms with Gasteiger partial charge in [-0.05, 0) is 31.7 Å². The minimum Gasteiger partial charge on any atom is -0.466 e. The Kier molecular flexibility index (Phi) is 6.11. The molecule has 1 heterocycles. The van der Waals surface area contributed by atoms with Gasteiger partial charge in [0.1, 0.15) is 0 Å². The van der Waals surface area contributed by atoms with Crippen molar-refractivity contribution < 1.29 is 14.3 Å². The zero-order chi connectivity index (χ0) is 19.2. The Morgan fingerprint density at radius 1 is 1.33 bits per heavy atom. The van der Waals surface area contributed by atoms with Crippen molar-refractivity contribution in [2.75, 3.05) is 6.61 Å². The van der Waals surface area contributed by atoms with Crippen LogP contribution in [0.1, 0.15) is 55.1 Å². The highest BCUT2D eigenvalue weighted by Crippen LogP contribution is 2.29. The van der Waals surface area contributed by atoms with Crippen LogP contribution in [0.15, 0.2) is 36.5 Å². The van der Waals surface area contributed by atoms with Crippen molar-refractivity contribution in [2.24, 2.45) is 7.05 Å². The van der Waals surface area contributed by atoms with E-state index < -0.39 is 6.04 Å². The summed E-state index contributed by atoms with van der Waals surface area (Å²) in [5, 5.41) is 10.3. The number of benzene rings is 1. The predicted molar refractivity (Wildman–Crippen MR) is 101 cm³/mol. The first-order valence-electron chi connectivity index (χ1n) is 9.36. The van der Waals surface area contributed by atoms with Gasteiger partial charge in [0, 0.05) is 18.3 Å². The second-order valence-electron chi connectivity index (χ2n) is 6.71. The number of aromatic nitrogens is 2. The van der Waals surface area contributed by atoms with Gasteiger partial charge in [0.05, 0.1) is 31.3 Å². The van der Waals surface area contributed by atoms with Gasteiger partial charge < -0.3 is 15.4 Å². The van der Waals surface area contributed by atoms with Crippen molar-refractivity contribution >= 4 is 12.0 Å². The molecule has 0 spiro atoms. The maximum Gasteiger partial charge on any atom is 0.315 e. The quantitative estimate of drug-likeness (QED) is 0.766. The Labute approximate surface area is 159 Å². The van der Waals surface area contributed by atoms with E-state index in [0.717, 1.165) is 36.1 Å². The number of ether oxygens (including phenoxy) is 1. The summed E-state index contributed by atoms with van der Waals surface area (Å²) in [6.45, 7) is 2.09. The van der Waals surface area contributed by atoms with Crippen LogP contribution in [0.2, 0.25) is 0 Å². The molecule has 7 heteroatoms. The SMILES string of the molecule is CCOC(=O)C[C@@H](NC(=O)N[C@@H]1CCCc2c1cnn2C)c1ccccc1. The van der Waals surface area contributed by atoms with E-state index in [1.54, 1.807) is 6.92 Å². The van der Waals surface area contributed by atoms with E-state index in [1.165, 1.54) is 0 Å². The fourth-order valence-corrected chi connectivity index (χ4v) is 3.54. The lowest BCUT2D eigenvalue weighted by molar-refractivity contribution is -0.143. The second-order valence-corrected chi connectivity index (χ2v) is 6.71. The van der Waals surface area contributed by atoms with Crippen LogP contribution < -0.4 is 10.6 Å². The monoisotopic (exact) mass is 370 g/mol. The lowest BCUT2D eigenvalue weighted by Gasteiger charge is -2.25. The summed E-state index contributed by atoms with van der Waals surface area (Å²) in [5.74, 6) is -0.334. The number of urea groups is 1. The second kappa shape index (κ2) is 8.70. The third-order valence-electron chi connectivity index (χ3n) is 4.86. The van der Waals surface area contributed by atoms with Gasteiger partial charge in [0.2, 0.25) is 0 Å². The van der Waals surface area contributed by atoms with E-state index in [4.69, 9.17) is 4.74 Å². The number of carbonyl (C=O) groups is 2. The van der Waals surface area contributed by atoms with Crippen molar-refractivity contribution in [3.05, 3.63) is 53.3 Å². The number of carbonyl (C=O) groups excluding carboxylic acids is 2. The first kappa shape index (κ1) is 18.9. The average Bonchev–Trinajstić information content (AvgIpc) is 3.04. The first-order valence-corrected chi connectivity index (χ1v) is 9.36. The fourth-order valence-electron chi connectivity index (χ4n) is 3.54. The molecule has 1 aromatic carbocycles. The number of amides is 2. The molecule has 1 aliphatic rings. The summed E-state index contributed by atoms with van der Waals surface area (Å²) in [6, 6.07) is 8.65. The first-order chi connectivity index (χ1) is 13.1. The van der Waals surface area contributed by atoms with E-state index in [0.29, 0.717) is 6.61 Å². The Morgan fingerprint density at radius 3 is 2.85 bits per heavy atom. The van der Waals surface area contributed by atoms with Crippen molar-refractivity contribution in [1.82, 2.24) is 20.4 Å². The standard InChI is InChI=1S/C20H26N4O3/c1-3-27-19(25)12-17(14-8-5-4-6-9-14)23-20(26)22-16-10-7-11-18-15(16)13-21-24(18)2/h4-6,8-9,13,16-17H,3,7,10-12H2,1-2H3,(H2,22,23,26)/t16-,17-/m1/s1. The van der Waals surface area contributed by atoms with E-state index in [9.17, 15) is 9.59 Å². The van der Waals surface area contributed by atoms with Crippen LogP contribution in [0.25, 0.3) is 0 Å². The summed E-state index contributed by atoms with van der Waals surface area (Å²) in [5.41, 5.74) is 3.10. The van der Waals surface area contributed by atoms with Gasteiger partial charge in [0.25, 0.3) is 0 Å². The third kappa shape index (κ3) is 4.67. The topological polar surface area (TPSA) is 85.2 Å². The van der Waals surface area contributed by atoms with Crippen molar-refractivity contribution in [3.8, 4) is 0 Å². The largest absolute Gasteiger partial charge is 0.466 e. The molecule has 0 aliphatic heterocycles. The number of fused-ring (bicyclic) bond motifs is 1. The molecule has 1 aromatic heterocycles. The number of rotatable bonds is 6. The minimum atomic E-state index is -0.442. The molecular formula is C20H26N4O3.